The highest BCUT2D eigenvalue weighted by Crippen LogP contribution is 2.34. The molecule has 0 unspecified atom stereocenters. The molecule has 0 aliphatic carbocycles. The minimum absolute atomic E-state index is 0.636. The van der Waals surface area contributed by atoms with Crippen LogP contribution in [-0.2, 0) is 6.54 Å². The van der Waals surface area contributed by atoms with Crippen molar-refractivity contribution in [1.82, 2.24) is 9.88 Å². The average molecular weight is 311 g/mol. The highest BCUT2D eigenvalue weighted by atomic mass is 16.6. The van der Waals surface area contributed by atoms with Gasteiger partial charge in [0.15, 0.2) is 11.5 Å². The van der Waals surface area contributed by atoms with E-state index in [0.717, 1.165) is 50.0 Å². The Labute approximate surface area is 136 Å². The number of benzene rings is 1. The lowest BCUT2D eigenvalue weighted by Crippen LogP contribution is -2.46. The molecule has 0 N–H and O–H groups in total. The quantitative estimate of drug-likeness (QED) is 0.868. The number of nitrogens with zero attached hydrogens (tertiary/aromatic N) is 3. The Kier molecular flexibility index (Phi) is 4.03. The third-order valence-corrected chi connectivity index (χ3v) is 4.39. The smallest absolute Gasteiger partial charge is 0.165 e. The molecule has 5 nitrogen and oxygen atoms in total. The van der Waals surface area contributed by atoms with E-state index in [9.17, 15) is 0 Å². The molecule has 1 fully saturated rings. The molecule has 23 heavy (non-hydrogen) atoms. The number of pyridine rings is 1. The third kappa shape index (κ3) is 3.10. The number of fused-ring (bicyclic) bond motifs is 1. The van der Waals surface area contributed by atoms with Crippen LogP contribution in [0.2, 0.25) is 0 Å². The van der Waals surface area contributed by atoms with Gasteiger partial charge in [0.1, 0.15) is 19.0 Å². The molecule has 4 rings (SSSR count). The van der Waals surface area contributed by atoms with Gasteiger partial charge in [-0.2, -0.15) is 0 Å². The van der Waals surface area contributed by atoms with E-state index in [2.05, 4.69) is 26.9 Å². The molecule has 3 heterocycles. The standard InChI is InChI=1S/C18H21N3O2/c1-2-7-19-17(6-1)21-10-8-20(9-11-21)14-15-4-3-5-16-18(15)23-13-12-22-16/h1-7H,8-14H2. The van der Waals surface area contributed by atoms with E-state index < -0.39 is 0 Å². The molecule has 1 aromatic heterocycles. The Morgan fingerprint density at radius 1 is 0.913 bits per heavy atom. The molecule has 0 atom stereocenters. The van der Waals surface area contributed by atoms with E-state index in [1.54, 1.807) is 0 Å². The number of anilines is 1. The fourth-order valence-electron chi connectivity index (χ4n) is 3.18. The Hall–Kier alpha value is -2.27. The van der Waals surface area contributed by atoms with Crippen LogP contribution in [0.5, 0.6) is 11.5 Å². The third-order valence-electron chi connectivity index (χ3n) is 4.39. The van der Waals surface area contributed by atoms with Crippen LogP contribution in [0.4, 0.5) is 5.82 Å². The summed E-state index contributed by atoms with van der Waals surface area (Å²) in [7, 11) is 0. The van der Waals surface area contributed by atoms with Crippen LogP contribution in [0.3, 0.4) is 0 Å². The summed E-state index contributed by atoms with van der Waals surface area (Å²) in [5.41, 5.74) is 1.22. The maximum atomic E-state index is 5.81. The Bertz CT molecular complexity index is 655. The van der Waals surface area contributed by atoms with E-state index in [-0.39, 0.29) is 0 Å². The second kappa shape index (κ2) is 6.46. The summed E-state index contributed by atoms with van der Waals surface area (Å²) in [4.78, 5) is 9.25. The van der Waals surface area contributed by atoms with E-state index in [1.165, 1.54) is 5.56 Å². The molecule has 120 valence electrons. The second-order valence-electron chi connectivity index (χ2n) is 5.89. The molecule has 0 radical (unpaired) electrons. The molecule has 5 heteroatoms. The molecule has 0 bridgehead atoms. The number of aromatic nitrogens is 1. The van der Waals surface area contributed by atoms with Crippen LogP contribution >= 0.6 is 0 Å². The van der Waals surface area contributed by atoms with Gasteiger partial charge in [-0.05, 0) is 18.2 Å². The molecule has 0 saturated carbocycles. The summed E-state index contributed by atoms with van der Waals surface area (Å²) in [6.45, 7) is 6.24. The summed E-state index contributed by atoms with van der Waals surface area (Å²) in [5.74, 6) is 2.87. The summed E-state index contributed by atoms with van der Waals surface area (Å²) in [6.07, 6.45) is 1.86. The monoisotopic (exact) mass is 311 g/mol. The van der Waals surface area contributed by atoms with Gasteiger partial charge in [-0.15, -0.1) is 0 Å². The molecular weight excluding hydrogens is 290 g/mol. The summed E-state index contributed by atoms with van der Waals surface area (Å²) in [6, 6.07) is 12.2. The second-order valence-corrected chi connectivity index (χ2v) is 5.89. The first-order valence-corrected chi connectivity index (χ1v) is 8.16. The lowest BCUT2D eigenvalue weighted by Gasteiger charge is -2.35. The lowest BCUT2D eigenvalue weighted by molar-refractivity contribution is 0.166. The SMILES string of the molecule is c1ccc(N2CCN(Cc3cccc4c3OCCO4)CC2)nc1. The Morgan fingerprint density at radius 3 is 2.61 bits per heavy atom. The van der Waals surface area contributed by atoms with Crippen molar-refractivity contribution in [2.45, 2.75) is 6.54 Å². The van der Waals surface area contributed by atoms with Crippen molar-refractivity contribution < 1.29 is 9.47 Å². The normalized spacial score (nSPS) is 18.0. The molecule has 1 aromatic carbocycles. The summed E-state index contributed by atoms with van der Waals surface area (Å²) in [5, 5.41) is 0. The van der Waals surface area contributed by atoms with Crippen LogP contribution in [0.15, 0.2) is 42.6 Å². The van der Waals surface area contributed by atoms with Crippen molar-refractivity contribution in [3.63, 3.8) is 0 Å². The number of hydrogen-bond acceptors (Lipinski definition) is 5. The van der Waals surface area contributed by atoms with E-state index in [0.29, 0.717) is 13.2 Å². The van der Waals surface area contributed by atoms with E-state index in [1.807, 2.05) is 30.5 Å². The van der Waals surface area contributed by atoms with Crippen molar-refractivity contribution in [3.05, 3.63) is 48.2 Å². The zero-order valence-electron chi connectivity index (χ0n) is 13.1. The van der Waals surface area contributed by atoms with Gasteiger partial charge in [-0.3, -0.25) is 4.90 Å². The van der Waals surface area contributed by atoms with Gasteiger partial charge in [-0.1, -0.05) is 18.2 Å². The van der Waals surface area contributed by atoms with Crippen LogP contribution in [-0.4, -0.2) is 49.3 Å². The lowest BCUT2D eigenvalue weighted by atomic mass is 10.1. The fraction of sp³-hybridized carbons (Fsp3) is 0.389. The maximum Gasteiger partial charge on any atom is 0.165 e. The highest BCUT2D eigenvalue weighted by Gasteiger charge is 2.21. The number of piperazine rings is 1. The maximum absolute atomic E-state index is 5.81. The van der Waals surface area contributed by atoms with Crippen molar-refractivity contribution in [1.29, 1.82) is 0 Å². The minimum atomic E-state index is 0.636. The van der Waals surface area contributed by atoms with Gasteiger partial charge in [0.25, 0.3) is 0 Å². The molecule has 2 aliphatic heterocycles. The van der Waals surface area contributed by atoms with Gasteiger partial charge >= 0.3 is 0 Å². The average Bonchev–Trinajstić information content (AvgIpc) is 2.63. The number of para-hydroxylation sites is 1. The zero-order chi connectivity index (χ0) is 15.5. The van der Waals surface area contributed by atoms with Crippen LogP contribution in [0, 0.1) is 0 Å². The van der Waals surface area contributed by atoms with Gasteiger partial charge in [0, 0.05) is 44.5 Å². The largest absolute Gasteiger partial charge is 0.486 e. The Morgan fingerprint density at radius 2 is 1.78 bits per heavy atom. The van der Waals surface area contributed by atoms with Gasteiger partial charge < -0.3 is 14.4 Å². The van der Waals surface area contributed by atoms with Crippen LogP contribution < -0.4 is 14.4 Å². The van der Waals surface area contributed by atoms with E-state index >= 15 is 0 Å². The first-order chi connectivity index (χ1) is 11.4. The van der Waals surface area contributed by atoms with Crippen molar-refractivity contribution in [3.8, 4) is 11.5 Å². The zero-order valence-corrected chi connectivity index (χ0v) is 13.1. The van der Waals surface area contributed by atoms with Crippen LogP contribution in [0.25, 0.3) is 0 Å². The molecule has 0 spiro atoms. The van der Waals surface area contributed by atoms with E-state index in [4.69, 9.17) is 9.47 Å². The molecule has 2 aliphatic rings. The summed E-state index contributed by atoms with van der Waals surface area (Å²) >= 11 is 0. The number of hydrogen-bond donors (Lipinski definition) is 0. The van der Waals surface area contributed by atoms with Crippen LogP contribution in [0.1, 0.15) is 5.56 Å². The van der Waals surface area contributed by atoms with Gasteiger partial charge in [-0.25, -0.2) is 4.98 Å². The van der Waals surface area contributed by atoms with Crippen molar-refractivity contribution in [2.75, 3.05) is 44.3 Å². The molecule has 1 saturated heterocycles. The highest BCUT2D eigenvalue weighted by molar-refractivity contribution is 5.47. The topological polar surface area (TPSA) is 37.8 Å². The number of ether oxygens (including phenoxy) is 2. The summed E-state index contributed by atoms with van der Waals surface area (Å²) < 4.78 is 11.5. The predicted molar refractivity (Wildman–Crippen MR) is 89.2 cm³/mol. The first-order valence-electron chi connectivity index (χ1n) is 8.16. The Balaban J connectivity index is 1.40. The molecule has 2 aromatic rings. The number of rotatable bonds is 3. The van der Waals surface area contributed by atoms with Gasteiger partial charge in [0.05, 0.1) is 0 Å². The van der Waals surface area contributed by atoms with Gasteiger partial charge in [0.2, 0.25) is 0 Å². The van der Waals surface area contributed by atoms with Crippen molar-refractivity contribution >= 4 is 5.82 Å². The fourth-order valence-corrected chi connectivity index (χ4v) is 3.18. The first kappa shape index (κ1) is 14.3. The molecule has 0 amide bonds. The predicted octanol–water partition coefficient (Wildman–Crippen LogP) is 2.17. The molecular formula is C18H21N3O2. The van der Waals surface area contributed by atoms with Crippen molar-refractivity contribution in [2.24, 2.45) is 0 Å². The minimum Gasteiger partial charge on any atom is -0.486 e.